The normalized spacial score (nSPS) is 13.5. The van der Waals surface area contributed by atoms with Crippen molar-refractivity contribution in [2.24, 2.45) is 0 Å². The van der Waals surface area contributed by atoms with Gasteiger partial charge in [0.25, 0.3) is 5.91 Å². The summed E-state index contributed by atoms with van der Waals surface area (Å²) in [7, 11) is 0. The number of fused-ring (bicyclic) bond motifs is 1. The predicted octanol–water partition coefficient (Wildman–Crippen LogP) is 4.25. The van der Waals surface area contributed by atoms with E-state index in [0.29, 0.717) is 18.7 Å². The summed E-state index contributed by atoms with van der Waals surface area (Å²) in [6.45, 7) is 0.910. The smallest absolute Gasteiger partial charge is 0.252 e. The van der Waals surface area contributed by atoms with Gasteiger partial charge in [0, 0.05) is 24.3 Å². The molecule has 3 heterocycles. The molecule has 2 aromatic heterocycles. The molecule has 0 unspecified atom stereocenters. The number of nitrogens with one attached hydrogen (secondary N) is 1. The summed E-state index contributed by atoms with van der Waals surface area (Å²) >= 11 is 0. The maximum atomic E-state index is 12.4. The molecule has 1 N–H and O–H groups in total. The number of nitrogens with zero attached hydrogens (tertiary/aromatic N) is 2. The lowest BCUT2D eigenvalue weighted by atomic mass is 9.97. The highest BCUT2D eigenvalue weighted by Crippen LogP contribution is 2.30. The first-order chi connectivity index (χ1) is 14.8. The van der Waals surface area contributed by atoms with Gasteiger partial charge in [0.15, 0.2) is 0 Å². The van der Waals surface area contributed by atoms with E-state index in [4.69, 9.17) is 4.74 Å². The first-order valence-corrected chi connectivity index (χ1v) is 9.77. The van der Waals surface area contributed by atoms with Gasteiger partial charge in [0.05, 0.1) is 16.8 Å². The molecule has 30 heavy (non-hydrogen) atoms. The number of hydrogen-bond acceptors (Lipinski definition) is 4. The monoisotopic (exact) mass is 393 g/mol. The third-order valence-electron chi connectivity index (χ3n) is 5.17. The molecule has 5 heteroatoms. The zero-order valence-corrected chi connectivity index (χ0v) is 16.2. The van der Waals surface area contributed by atoms with Crippen LogP contribution < -0.4 is 10.1 Å². The molecule has 0 spiro atoms. The van der Waals surface area contributed by atoms with Gasteiger partial charge in [-0.05, 0) is 53.1 Å². The average Bonchev–Trinajstić information content (AvgIpc) is 3.20. The summed E-state index contributed by atoms with van der Waals surface area (Å²) in [5.41, 5.74) is 5.39. The minimum absolute atomic E-state index is 0.0566. The van der Waals surface area contributed by atoms with E-state index in [1.807, 2.05) is 66.7 Å². The van der Waals surface area contributed by atoms with E-state index in [-0.39, 0.29) is 5.91 Å². The maximum Gasteiger partial charge on any atom is 0.252 e. The third-order valence-corrected chi connectivity index (χ3v) is 5.17. The summed E-state index contributed by atoms with van der Waals surface area (Å²) in [6.07, 6.45) is 3.40. The Bertz CT molecular complexity index is 1250. The van der Waals surface area contributed by atoms with Crippen molar-refractivity contribution in [3.8, 4) is 5.75 Å². The number of benzene rings is 2. The fraction of sp³-hybridized carbons (Fsp3) is 0.0800. The van der Waals surface area contributed by atoms with E-state index in [9.17, 15) is 4.79 Å². The highest BCUT2D eigenvalue weighted by molar-refractivity contribution is 6.30. The molecule has 0 atom stereocenters. The van der Waals surface area contributed by atoms with Crippen LogP contribution in [0.4, 0.5) is 0 Å². The minimum atomic E-state index is -0.0566. The zero-order valence-electron chi connectivity index (χ0n) is 16.2. The molecule has 0 radical (unpaired) electrons. The van der Waals surface area contributed by atoms with Crippen LogP contribution in [-0.4, -0.2) is 22.4 Å². The van der Waals surface area contributed by atoms with Crippen LogP contribution in [0, 0.1) is 0 Å². The molecule has 5 nitrogen and oxygen atoms in total. The number of carbonyl (C=O) groups excluding carboxylic acids is 1. The van der Waals surface area contributed by atoms with Gasteiger partial charge in [-0.1, -0.05) is 36.4 Å². The van der Waals surface area contributed by atoms with Crippen molar-refractivity contribution in [3.63, 3.8) is 0 Å². The average molecular weight is 393 g/mol. The van der Waals surface area contributed by atoms with E-state index >= 15 is 0 Å². The van der Waals surface area contributed by atoms with Crippen LogP contribution in [0.15, 0.2) is 85.2 Å². The van der Waals surface area contributed by atoms with Crippen molar-refractivity contribution < 1.29 is 9.53 Å². The number of rotatable bonds is 5. The summed E-state index contributed by atoms with van der Waals surface area (Å²) in [6, 6.07) is 23.6. The van der Waals surface area contributed by atoms with Crippen molar-refractivity contribution in [2.75, 3.05) is 6.54 Å². The molecule has 1 aliphatic heterocycles. The third kappa shape index (κ3) is 3.53. The van der Waals surface area contributed by atoms with Gasteiger partial charge in [-0.2, -0.15) is 0 Å². The Balaban J connectivity index is 1.35. The van der Waals surface area contributed by atoms with Gasteiger partial charge in [-0.25, -0.2) is 4.98 Å². The lowest BCUT2D eigenvalue weighted by Gasteiger charge is -2.09. The Labute approximate surface area is 174 Å². The van der Waals surface area contributed by atoms with Crippen LogP contribution in [0.25, 0.3) is 22.0 Å². The SMILES string of the molecule is O=C1NCC(c2ccc(OCc3ccc4ccccc4n3)cc2)=C1c1ccncc1. The van der Waals surface area contributed by atoms with Crippen LogP contribution in [-0.2, 0) is 11.4 Å². The fourth-order valence-corrected chi connectivity index (χ4v) is 3.65. The van der Waals surface area contributed by atoms with Gasteiger partial charge >= 0.3 is 0 Å². The first-order valence-electron chi connectivity index (χ1n) is 9.77. The lowest BCUT2D eigenvalue weighted by molar-refractivity contribution is -0.114. The molecule has 0 bridgehead atoms. The van der Waals surface area contributed by atoms with Gasteiger partial charge < -0.3 is 10.1 Å². The van der Waals surface area contributed by atoms with Gasteiger partial charge in [0.2, 0.25) is 0 Å². The molecule has 0 saturated heterocycles. The Hall–Kier alpha value is -3.99. The second-order valence-corrected chi connectivity index (χ2v) is 7.08. The standard InChI is InChI=1S/C25H19N3O2/c29-25-24(19-11-13-26-14-12-19)22(15-27-25)17-6-9-21(10-7-17)30-16-20-8-5-18-3-1-2-4-23(18)28-20/h1-14H,15-16H2,(H,27,29). The van der Waals surface area contributed by atoms with E-state index < -0.39 is 0 Å². The lowest BCUT2D eigenvalue weighted by Crippen LogP contribution is -2.16. The Morgan fingerprint density at radius 3 is 2.50 bits per heavy atom. The number of para-hydroxylation sites is 1. The summed E-state index contributed by atoms with van der Waals surface area (Å²) in [5, 5.41) is 4.03. The Morgan fingerprint density at radius 1 is 0.867 bits per heavy atom. The molecule has 1 amide bonds. The van der Waals surface area contributed by atoms with E-state index in [1.54, 1.807) is 12.4 Å². The molecule has 4 aromatic rings. The topological polar surface area (TPSA) is 64.1 Å². The Morgan fingerprint density at radius 2 is 1.67 bits per heavy atom. The van der Waals surface area contributed by atoms with Crippen molar-refractivity contribution in [1.82, 2.24) is 15.3 Å². The minimum Gasteiger partial charge on any atom is -0.487 e. The predicted molar refractivity (Wildman–Crippen MR) is 117 cm³/mol. The van der Waals surface area contributed by atoms with Gasteiger partial charge in [-0.3, -0.25) is 9.78 Å². The molecule has 0 fully saturated rings. The molecule has 5 rings (SSSR count). The molecule has 146 valence electrons. The summed E-state index contributed by atoms with van der Waals surface area (Å²) in [4.78, 5) is 21.0. The fourth-order valence-electron chi connectivity index (χ4n) is 3.65. The van der Waals surface area contributed by atoms with Crippen LogP contribution in [0.1, 0.15) is 16.8 Å². The number of ether oxygens (including phenoxy) is 1. The Kier molecular flexibility index (Phi) is 4.69. The molecular formula is C25H19N3O2. The number of aromatic nitrogens is 2. The summed E-state index contributed by atoms with van der Waals surface area (Å²) < 4.78 is 5.92. The van der Waals surface area contributed by atoms with Crippen LogP contribution in [0.3, 0.4) is 0 Å². The highest BCUT2D eigenvalue weighted by Gasteiger charge is 2.24. The first kappa shape index (κ1) is 18.1. The number of carbonyl (C=O) groups is 1. The summed E-state index contributed by atoms with van der Waals surface area (Å²) in [5.74, 6) is 0.705. The molecule has 1 aliphatic rings. The highest BCUT2D eigenvalue weighted by atomic mass is 16.5. The zero-order chi connectivity index (χ0) is 20.3. The molecule has 0 aliphatic carbocycles. The van der Waals surface area contributed by atoms with Crippen molar-refractivity contribution in [2.45, 2.75) is 6.61 Å². The van der Waals surface area contributed by atoms with E-state index in [1.165, 1.54) is 0 Å². The molecule has 0 saturated carbocycles. The van der Waals surface area contributed by atoms with Gasteiger partial charge in [0.1, 0.15) is 12.4 Å². The number of amides is 1. The van der Waals surface area contributed by atoms with Gasteiger partial charge in [-0.15, -0.1) is 0 Å². The van der Waals surface area contributed by atoms with Crippen LogP contribution in [0.2, 0.25) is 0 Å². The van der Waals surface area contributed by atoms with Crippen LogP contribution >= 0.6 is 0 Å². The molecule has 2 aromatic carbocycles. The number of pyridine rings is 2. The van der Waals surface area contributed by atoms with Crippen molar-refractivity contribution >= 4 is 28.0 Å². The second kappa shape index (κ2) is 7.79. The quantitative estimate of drug-likeness (QED) is 0.551. The number of hydrogen-bond donors (Lipinski definition) is 1. The second-order valence-electron chi connectivity index (χ2n) is 7.08. The van der Waals surface area contributed by atoms with E-state index in [0.717, 1.165) is 39.0 Å². The maximum absolute atomic E-state index is 12.4. The van der Waals surface area contributed by atoms with Crippen molar-refractivity contribution in [1.29, 1.82) is 0 Å². The van der Waals surface area contributed by atoms with Crippen molar-refractivity contribution in [3.05, 3.63) is 102 Å². The molecular weight excluding hydrogens is 374 g/mol. The van der Waals surface area contributed by atoms with Crippen LogP contribution in [0.5, 0.6) is 5.75 Å². The van der Waals surface area contributed by atoms with E-state index in [2.05, 4.69) is 21.4 Å². The largest absolute Gasteiger partial charge is 0.487 e.